The van der Waals surface area contributed by atoms with E-state index in [1.807, 2.05) is 37.3 Å². The SMILES string of the molecule is Cc1ccc(-c2cccnc2-c2cc(S(N)(=O)=O)ccc2F)cc1. The van der Waals surface area contributed by atoms with Gasteiger partial charge in [0.15, 0.2) is 0 Å². The molecule has 0 saturated heterocycles. The molecule has 1 aromatic heterocycles. The number of rotatable bonds is 3. The van der Waals surface area contributed by atoms with Crippen molar-refractivity contribution in [1.82, 2.24) is 4.98 Å². The van der Waals surface area contributed by atoms with Crippen LogP contribution in [0.15, 0.2) is 65.7 Å². The number of nitrogens with two attached hydrogens (primary N) is 1. The zero-order chi connectivity index (χ0) is 17.3. The molecule has 3 aromatic rings. The third-order valence-corrected chi connectivity index (χ3v) is 4.60. The van der Waals surface area contributed by atoms with Gasteiger partial charge in [0.2, 0.25) is 10.0 Å². The van der Waals surface area contributed by atoms with Gasteiger partial charge in [-0.2, -0.15) is 0 Å². The van der Waals surface area contributed by atoms with E-state index in [0.717, 1.165) is 23.3 Å². The lowest BCUT2D eigenvalue weighted by Crippen LogP contribution is -2.12. The van der Waals surface area contributed by atoms with Crippen molar-refractivity contribution in [3.63, 3.8) is 0 Å². The van der Waals surface area contributed by atoms with Crippen LogP contribution in [-0.2, 0) is 10.0 Å². The molecule has 1 heterocycles. The second-order valence-corrected chi connectivity index (χ2v) is 7.01. The molecule has 0 unspecified atom stereocenters. The van der Waals surface area contributed by atoms with E-state index in [2.05, 4.69) is 4.98 Å². The first kappa shape index (κ1) is 16.3. The average Bonchev–Trinajstić information content (AvgIpc) is 2.55. The third-order valence-electron chi connectivity index (χ3n) is 3.69. The summed E-state index contributed by atoms with van der Waals surface area (Å²) in [5.74, 6) is -0.561. The minimum atomic E-state index is -3.93. The maximum Gasteiger partial charge on any atom is 0.238 e. The summed E-state index contributed by atoms with van der Waals surface area (Å²) in [5.41, 5.74) is 3.14. The summed E-state index contributed by atoms with van der Waals surface area (Å²) in [6.45, 7) is 1.98. The predicted molar refractivity (Wildman–Crippen MR) is 91.2 cm³/mol. The van der Waals surface area contributed by atoms with Gasteiger partial charge in [-0.1, -0.05) is 35.9 Å². The highest BCUT2D eigenvalue weighted by molar-refractivity contribution is 7.89. The number of benzene rings is 2. The fraction of sp³-hybridized carbons (Fsp3) is 0.0556. The molecular weight excluding hydrogens is 327 g/mol. The molecule has 0 radical (unpaired) electrons. The van der Waals surface area contributed by atoms with Gasteiger partial charge in [0, 0.05) is 17.3 Å². The highest BCUT2D eigenvalue weighted by Gasteiger charge is 2.16. The zero-order valence-electron chi connectivity index (χ0n) is 12.9. The molecule has 0 saturated carbocycles. The molecule has 0 aliphatic carbocycles. The lowest BCUT2D eigenvalue weighted by molar-refractivity contribution is 0.596. The van der Waals surface area contributed by atoms with Crippen LogP contribution < -0.4 is 5.14 Å². The number of halogens is 1. The Morgan fingerprint density at radius 2 is 1.71 bits per heavy atom. The van der Waals surface area contributed by atoms with E-state index in [9.17, 15) is 12.8 Å². The van der Waals surface area contributed by atoms with Crippen LogP contribution in [0, 0.1) is 12.7 Å². The number of aryl methyl sites for hydroxylation is 1. The number of hydrogen-bond acceptors (Lipinski definition) is 3. The van der Waals surface area contributed by atoms with E-state index < -0.39 is 15.8 Å². The quantitative estimate of drug-likeness (QED) is 0.791. The van der Waals surface area contributed by atoms with Gasteiger partial charge in [-0.25, -0.2) is 17.9 Å². The first-order valence-electron chi connectivity index (χ1n) is 7.21. The minimum absolute atomic E-state index is 0.0951. The van der Waals surface area contributed by atoms with Crippen LogP contribution in [0.2, 0.25) is 0 Å². The number of primary sulfonamides is 1. The van der Waals surface area contributed by atoms with Crippen LogP contribution in [0.5, 0.6) is 0 Å². The molecule has 6 heteroatoms. The highest BCUT2D eigenvalue weighted by atomic mass is 32.2. The van der Waals surface area contributed by atoms with Crippen LogP contribution in [0.4, 0.5) is 4.39 Å². The topological polar surface area (TPSA) is 73.0 Å². The van der Waals surface area contributed by atoms with Crippen molar-refractivity contribution < 1.29 is 12.8 Å². The number of pyridine rings is 1. The first-order valence-corrected chi connectivity index (χ1v) is 8.76. The van der Waals surface area contributed by atoms with E-state index in [-0.39, 0.29) is 10.5 Å². The molecule has 4 nitrogen and oxygen atoms in total. The van der Waals surface area contributed by atoms with Crippen LogP contribution in [0.3, 0.4) is 0 Å². The Balaban J connectivity index is 2.23. The van der Waals surface area contributed by atoms with Gasteiger partial charge in [-0.05, 0) is 36.8 Å². The Hall–Kier alpha value is -2.57. The minimum Gasteiger partial charge on any atom is -0.255 e. The summed E-state index contributed by atoms with van der Waals surface area (Å²) in [6.07, 6.45) is 1.54. The van der Waals surface area contributed by atoms with E-state index in [0.29, 0.717) is 11.3 Å². The molecule has 0 atom stereocenters. The van der Waals surface area contributed by atoms with Crippen molar-refractivity contribution in [3.05, 3.63) is 72.2 Å². The predicted octanol–water partition coefficient (Wildman–Crippen LogP) is 3.51. The second-order valence-electron chi connectivity index (χ2n) is 5.45. The number of sulfonamides is 1. The maximum absolute atomic E-state index is 14.3. The zero-order valence-corrected chi connectivity index (χ0v) is 13.7. The summed E-state index contributed by atoms with van der Waals surface area (Å²) in [5, 5.41) is 5.15. The molecule has 0 fully saturated rings. The van der Waals surface area contributed by atoms with Crippen molar-refractivity contribution in [3.8, 4) is 22.4 Å². The Morgan fingerprint density at radius 3 is 2.38 bits per heavy atom. The number of aromatic nitrogens is 1. The molecule has 0 amide bonds. The van der Waals surface area contributed by atoms with Crippen molar-refractivity contribution >= 4 is 10.0 Å². The van der Waals surface area contributed by atoms with Gasteiger partial charge in [-0.15, -0.1) is 0 Å². The van der Waals surface area contributed by atoms with Gasteiger partial charge in [0.1, 0.15) is 5.82 Å². The standard InChI is InChI=1S/C18H15FN2O2S/c1-12-4-6-13(7-5-12)15-3-2-10-21-18(15)16-11-14(24(20,22)23)8-9-17(16)19/h2-11H,1H3,(H2,20,22,23). The Morgan fingerprint density at radius 1 is 1.00 bits per heavy atom. The van der Waals surface area contributed by atoms with Gasteiger partial charge < -0.3 is 0 Å². The summed E-state index contributed by atoms with van der Waals surface area (Å²) in [4.78, 5) is 4.10. The van der Waals surface area contributed by atoms with Crippen molar-refractivity contribution in [2.45, 2.75) is 11.8 Å². The molecule has 24 heavy (non-hydrogen) atoms. The summed E-state index contributed by atoms with van der Waals surface area (Å²) in [6, 6.07) is 14.7. The van der Waals surface area contributed by atoms with Crippen LogP contribution in [0.25, 0.3) is 22.4 Å². The fourth-order valence-corrected chi connectivity index (χ4v) is 2.99. The fourth-order valence-electron chi connectivity index (χ4n) is 2.45. The van der Waals surface area contributed by atoms with E-state index in [4.69, 9.17) is 5.14 Å². The van der Waals surface area contributed by atoms with Gasteiger partial charge in [-0.3, -0.25) is 4.98 Å². The van der Waals surface area contributed by atoms with Crippen molar-refractivity contribution in [2.24, 2.45) is 5.14 Å². The molecule has 0 aliphatic rings. The number of hydrogen-bond donors (Lipinski definition) is 1. The molecule has 0 aliphatic heterocycles. The molecule has 3 rings (SSSR count). The van der Waals surface area contributed by atoms with Gasteiger partial charge >= 0.3 is 0 Å². The molecular formula is C18H15FN2O2S. The Kier molecular flexibility index (Phi) is 4.17. The smallest absolute Gasteiger partial charge is 0.238 e. The lowest BCUT2D eigenvalue weighted by Gasteiger charge is -2.11. The Bertz CT molecular complexity index is 1000. The first-order chi connectivity index (χ1) is 11.4. The van der Waals surface area contributed by atoms with E-state index >= 15 is 0 Å². The van der Waals surface area contributed by atoms with E-state index in [1.54, 1.807) is 6.07 Å². The average molecular weight is 342 g/mol. The van der Waals surface area contributed by atoms with E-state index in [1.165, 1.54) is 12.3 Å². The largest absolute Gasteiger partial charge is 0.255 e. The van der Waals surface area contributed by atoms with Gasteiger partial charge in [0.25, 0.3) is 0 Å². The second kappa shape index (κ2) is 6.14. The monoisotopic (exact) mass is 342 g/mol. The van der Waals surface area contributed by atoms with Crippen LogP contribution >= 0.6 is 0 Å². The summed E-state index contributed by atoms with van der Waals surface area (Å²) in [7, 11) is -3.93. The lowest BCUT2D eigenvalue weighted by atomic mass is 9.98. The molecule has 2 aromatic carbocycles. The van der Waals surface area contributed by atoms with Crippen LogP contribution in [-0.4, -0.2) is 13.4 Å². The maximum atomic E-state index is 14.3. The van der Waals surface area contributed by atoms with Gasteiger partial charge in [0.05, 0.1) is 10.6 Å². The van der Waals surface area contributed by atoms with Crippen LogP contribution in [0.1, 0.15) is 5.56 Å². The van der Waals surface area contributed by atoms with Crippen molar-refractivity contribution in [2.75, 3.05) is 0 Å². The normalized spacial score (nSPS) is 11.5. The highest BCUT2D eigenvalue weighted by Crippen LogP contribution is 2.32. The third kappa shape index (κ3) is 3.20. The number of nitrogens with zero attached hydrogens (tertiary/aromatic N) is 1. The molecule has 0 bridgehead atoms. The van der Waals surface area contributed by atoms with Crippen molar-refractivity contribution in [1.29, 1.82) is 0 Å². The Labute approximate surface area is 139 Å². The summed E-state index contributed by atoms with van der Waals surface area (Å²) >= 11 is 0. The molecule has 0 spiro atoms. The summed E-state index contributed by atoms with van der Waals surface area (Å²) < 4.78 is 37.4. The molecule has 2 N–H and O–H groups in total. The molecule has 122 valence electrons.